The van der Waals surface area contributed by atoms with Gasteiger partial charge in [-0.05, 0) is 12.0 Å². The molecule has 1 unspecified atom stereocenters. The van der Waals surface area contributed by atoms with Gasteiger partial charge in [0.05, 0.1) is 11.4 Å². The lowest BCUT2D eigenvalue weighted by molar-refractivity contribution is -0.137. The number of carbonyl (C=O) groups excluding carboxylic acids is 1. The molecule has 3 N–H and O–H groups in total. The number of rotatable bonds is 5. The molecule has 1 aromatic heterocycles. The minimum atomic E-state index is -0.937. The number of amides is 1. The molecule has 5 nitrogen and oxygen atoms in total. The number of carboxylic acids is 1. The van der Waals surface area contributed by atoms with E-state index in [9.17, 15) is 9.59 Å². The van der Waals surface area contributed by atoms with Gasteiger partial charge in [-0.2, -0.15) is 0 Å². The van der Waals surface area contributed by atoms with E-state index in [1.54, 1.807) is 0 Å². The van der Waals surface area contributed by atoms with E-state index in [4.69, 9.17) is 16.7 Å². The van der Waals surface area contributed by atoms with Gasteiger partial charge < -0.3 is 15.4 Å². The summed E-state index contributed by atoms with van der Waals surface area (Å²) in [5, 5.41) is 11.8. The molecule has 1 aromatic rings. The molecule has 0 saturated heterocycles. The van der Waals surface area contributed by atoms with E-state index in [0.717, 1.165) is 0 Å². The first-order valence-corrected chi connectivity index (χ1v) is 5.64. The maximum absolute atomic E-state index is 11.8. The molecule has 17 heavy (non-hydrogen) atoms. The highest BCUT2D eigenvalue weighted by Gasteiger charge is 2.20. The average Bonchev–Trinajstić information content (AvgIpc) is 2.63. The quantitative estimate of drug-likeness (QED) is 0.754. The van der Waals surface area contributed by atoms with Crippen LogP contribution < -0.4 is 5.32 Å². The Hall–Kier alpha value is -1.49. The summed E-state index contributed by atoms with van der Waals surface area (Å²) in [6.45, 7) is 3.71. The Balaban J connectivity index is 2.67. The summed E-state index contributed by atoms with van der Waals surface area (Å²) in [5.74, 6) is -1.24. The molecule has 94 valence electrons. The van der Waals surface area contributed by atoms with Gasteiger partial charge in [-0.15, -0.1) is 0 Å². The van der Waals surface area contributed by atoms with Gasteiger partial charge in [0, 0.05) is 12.2 Å². The monoisotopic (exact) mass is 258 g/mol. The summed E-state index contributed by atoms with van der Waals surface area (Å²) >= 11 is 5.68. The van der Waals surface area contributed by atoms with Crippen molar-refractivity contribution < 1.29 is 14.7 Å². The van der Waals surface area contributed by atoms with Gasteiger partial charge in [0.1, 0.15) is 5.69 Å². The van der Waals surface area contributed by atoms with Crippen molar-refractivity contribution in [1.29, 1.82) is 0 Å². The van der Waals surface area contributed by atoms with E-state index in [2.05, 4.69) is 10.3 Å². The second kappa shape index (κ2) is 5.72. The highest BCUT2D eigenvalue weighted by Crippen LogP contribution is 2.11. The topological polar surface area (TPSA) is 82.2 Å². The van der Waals surface area contributed by atoms with E-state index in [1.165, 1.54) is 12.3 Å². The molecule has 6 heteroatoms. The molecular weight excluding hydrogens is 244 g/mol. The fourth-order valence-electron chi connectivity index (χ4n) is 1.39. The van der Waals surface area contributed by atoms with E-state index in [-0.39, 0.29) is 18.2 Å². The number of carbonyl (C=O) groups is 2. The summed E-state index contributed by atoms with van der Waals surface area (Å²) in [5.41, 5.74) is 0.325. The first kappa shape index (κ1) is 13.6. The lowest BCUT2D eigenvalue weighted by Crippen LogP contribution is -2.40. The summed E-state index contributed by atoms with van der Waals surface area (Å²) in [7, 11) is 0. The number of hydrogen-bond donors (Lipinski definition) is 3. The number of halogens is 1. The second-order valence-electron chi connectivity index (χ2n) is 4.15. The predicted molar refractivity (Wildman–Crippen MR) is 64.1 cm³/mol. The molecule has 1 atom stereocenters. The molecule has 0 fully saturated rings. The minimum Gasteiger partial charge on any atom is -0.481 e. The molecule has 0 saturated carbocycles. The Labute approximate surface area is 104 Å². The number of carboxylic acid groups (broad SMARTS) is 1. The standard InChI is InChI=1S/C11H15ClN2O3/c1-6(2)8(4-10(15)16)14-11(17)9-3-7(12)5-13-9/h3,5-6,8,13H,4H2,1-2H3,(H,14,17)(H,15,16). The van der Waals surface area contributed by atoms with Crippen LogP contribution in [0, 0.1) is 5.92 Å². The molecule has 1 rings (SSSR count). The van der Waals surface area contributed by atoms with Gasteiger partial charge in [-0.25, -0.2) is 0 Å². The average molecular weight is 259 g/mol. The van der Waals surface area contributed by atoms with Crippen LogP contribution in [-0.2, 0) is 4.79 Å². The van der Waals surface area contributed by atoms with Crippen molar-refractivity contribution in [2.24, 2.45) is 5.92 Å². The third-order valence-electron chi connectivity index (χ3n) is 2.41. The largest absolute Gasteiger partial charge is 0.481 e. The van der Waals surface area contributed by atoms with Crippen LogP contribution in [0.5, 0.6) is 0 Å². The molecule has 0 bridgehead atoms. The van der Waals surface area contributed by atoms with Crippen molar-refractivity contribution in [3.63, 3.8) is 0 Å². The van der Waals surface area contributed by atoms with Gasteiger partial charge in [-0.3, -0.25) is 9.59 Å². The van der Waals surface area contributed by atoms with Crippen molar-refractivity contribution >= 4 is 23.5 Å². The van der Waals surface area contributed by atoms with Crippen LogP contribution in [0.3, 0.4) is 0 Å². The Morgan fingerprint density at radius 2 is 2.18 bits per heavy atom. The predicted octanol–water partition coefficient (Wildman–Crippen LogP) is 1.90. The first-order chi connectivity index (χ1) is 7.90. The van der Waals surface area contributed by atoms with Crippen LogP contribution in [0.1, 0.15) is 30.8 Å². The molecule has 0 radical (unpaired) electrons. The summed E-state index contributed by atoms with van der Waals surface area (Å²) in [6.07, 6.45) is 1.40. The number of hydrogen-bond acceptors (Lipinski definition) is 2. The molecular formula is C11H15ClN2O3. The van der Waals surface area contributed by atoms with E-state index in [0.29, 0.717) is 10.7 Å². The fourth-order valence-corrected chi connectivity index (χ4v) is 1.55. The Morgan fingerprint density at radius 1 is 1.53 bits per heavy atom. The van der Waals surface area contributed by atoms with Crippen molar-refractivity contribution in [1.82, 2.24) is 10.3 Å². The van der Waals surface area contributed by atoms with Gasteiger partial charge in [0.25, 0.3) is 5.91 Å². The number of nitrogens with one attached hydrogen (secondary N) is 2. The Kier molecular flexibility index (Phi) is 4.57. The van der Waals surface area contributed by atoms with Gasteiger partial charge in [0.15, 0.2) is 0 Å². The normalized spacial score (nSPS) is 12.5. The SMILES string of the molecule is CC(C)C(CC(=O)O)NC(=O)c1cc(Cl)c[nH]1. The fraction of sp³-hybridized carbons (Fsp3) is 0.455. The third kappa shape index (κ3) is 4.11. The van der Waals surface area contributed by atoms with E-state index < -0.39 is 12.0 Å². The van der Waals surface area contributed by atoms with Gasteiger partial charge >= 0.3 is 5.97 Å². The van der Waals surface area contributed by atoms with Crippen LogP contribution in [-0.4, -0.2) is 28.0 Å². The van der Waals surface area contributed by atoms with Crippen LogP contribution in [0.25, 0.3) is 0 Å². The molecule has 0 spiro atoms. The molecule has 0 aliphatic rings. The lowest BCUT2D eigenvalue weighted by Gasteiger charge is -2.20. The zero-order valence-corrected chi connectivity index (χ0v) is 10.4. The van der Waals surface area contributed by atoms with Gasteiger partial charge in [0.2, 0.25) is 0 Å². The van der Waals surface area contributed by atoms with E-state index >= 15 is 0 Å². The number of H-pyrrole nitrogens is 1. The molecule has 0 aliphatic heterocycles. The highest BCUT2D eigenvalue weighted by atomic mass is 35.5. The first-order valence-electron chi connectivity index (χ1n) is 5.26. The Bertz CT molecular complexity index is 415. The zero-order chi connectivity index (χ0) is 13.0. The number of aromatic amines is 1. The zero-order valence-electron chi connectivity index (χ0n) is 9.66. The lowest BCUT2D eigenvalue weighted by atomic mass is 10.0. The second-order valence-corrected chi connectivity index (χ2v) is 4.59. The number of aliphatic carboxylic acids is 1. The summed E-state index contributed by atoms with van der Waals surface area (Å²) in [4.78, 5) is 25.1. The van der Waals surface area contributed by atoms with Crippen LogP contribution >= 0.6 is 11.6 Å². The van der Waals surface area contributed by atoms with Crippen LogP contribution in [0.4, 0.5) is 0 Å². The maximum Gasteiger partial charge on any atom is 0.305 e. The Morgan fingerprint density at radius 3 is 2.59 bits per heavy atom. The minimum absolute atomic E-state index is 0.0421. The van der Waals surface area contributed by atoms with Crippen molar-refractivity contribution in [3.8, 4) is 0 Å². The van der Waals surface area contributed by atoms with Crippen molar-refractivity contribution in [2.75, 3.05) is 0 Å². The molecule has 1 heterocycles. The van der Waals surface area contributed by atoms with Crippen molar-refractivity contribution in [2.45, 2.75) is 26.3 Å². The third-order valence-corrected chi connectivity index (χ3v) is 2.63. The molecule has 0 aromatic carbocycles. The molecule has 0 aliphatic carbocycles. The van der Waals surface area contributed by atoms with Crippen LogP contribution in [0.15, 0.2) is 12.3 Å². The van der Waals surface area contributed by atoms with Crippen molar-refractivity contribution in [3.05, 3.63) is 23.0 Å². The summed E-state index contributed by atoms with van der Waals surface area (Å²) in [6, 6.07) is 1.09. The smallest absolute Gasteiger partial charge is 0.305 e. The molecule has 1 amide bonds. The number of aromatic nitrogens is 1. The van der Waals surface area contributed by atoms with Gasteiger partial charge in [-0.1, -0.05) is 25.4 Å². The summed E-state index contributed by atoms with van der Waals surface area (Å²) < 4.78 is 0. The van der Waals surface area contributed by atoms with Crippen LogP contribution in [0.2, 0.25) is 5.02 Å². The van der Waals surface area contributed by atoms with E-state index in [1.807, 2.05) is 13.8 Å². The highest BCUT2D eigenvalue weighted by molar-refractivity contribution is 6.30. The maximum atomic E-state index is 11.8.